The molecular weight excluding hydrogens is 263 g/mol. The highest BCUT2D eigenvalue weighted by Gasteiger charge is 2.08. The second-order valence-electron chi connectivity index (χ2n) is 3.24. The van der Waals surface area contributed by atoms with Gasteiger partial charge in [-0.25, -0.2) is 9.97 Å². The van der Waals surface area contributed by atoms with Crippen LogP contribution in [0.2, 0.25) is 5.28 Å². The highest BCUT2D eigenvalue weighted by Crippen LogP contribution is 2.31. The first-order chi connectivity index (χ1) is 8.24. The second kappa shape index (κ2) is 5.38. The predicted molar refractivity (Wildman–Crippen MR) is 67.3 cm³/mol. The summed E-state index contributed by atoms with van der Waals surface area (Å²) < 4.78 is 10.7. The Morgan fingerprint density at radius 2 is 2.12 bits per heavy atom. The Bertz CT molecular complexity index is 534. The maximum atomic E-state index is 5.73. The molecule has 90 valence electrons. The van der Waals surface area contributed by atoms with Crippen LogP contribution in [0, 0.1) is 0 Å². The number of halogens is 2. The van der Waals surface area contributed by atoms with Crippen LogP contribution in [0.25, 0.3) is 10.9 Å². The average Bonchev–Trinajstić information content (AvgIpc) is 2.35. The van der Waals surface area contributed by atoms with Crippen LogP contribution in [0.15, 0.2) is 18.3 Å². The van der Waals surface area contributed by atoms with Gasteiger partial charge < -0.3 is 9.47 Å². The molecule has 0 saturated carbocycles. The summed E-state index contributed by atoms with van der Waals surface area (Å²) in [6.07, 6.45) is 1.64. The number of rotatable bonds is 4. The van der Waals surface area contributed by atoms with Gasteiger partial charge in [0.2, 0.25) is 5.28 Å². The molecule has 0 atom stereocenters. The number of aromatic nitrogens is 2. The molecule has 0 unspecified atom stereocenters. The Morgan fingerprint density at radius 3 is 2.82 bits per heavy atom. The van der Waals surface area contributed by atoms with Gasteiger partial charge in [-0.3, -0.25) is 0 Å². The maximum absolute atomic E-state index is 5.73. The Hall–Kier alpha value is -1.26. The van der Waals surface area contributed by atoms with Crippen LogP contribution in [-0.2, 0) is 0 Å². The van der Waals surface area contributed by atoms with E-state index in [1.54, 1.807) is 25.4 Å². The molecule has 1 aromatic carbocycles. The summed E-state index contributed by atoms with van der Waals surface area (Å²) >= 11 is 11.3. The Balaban J connectivity index is 2.49. The number of hydrogen-bond donors (Lipinski definition) is 0. The quantitative estimate of drug-likeness (QED) is 0.634. The molecule has 0 radical (unpaired) electrons. The fraction of sp³-hybridized carbons (Fsp3) is 0.273. The van der Waals surface area contributed by atoms with Crippen molar-refractivity contribution in [2.45, 2.75) is 0 Å². The number of ether oxygens (including phenoxy) is 2. The van der Waals surface area contributed by atoms with Crippen molar-refractivity contribution in [3.63, 3.8) is 0 Å². The van der Waals surface area contributed by atoms with E-state index in [4.69, 9.17) is 32.7 Å². The summed E-state index contributed by atoms with van der Waals surface area (Å²) in [7, 11) is 1.57. The molecule has 6 heteroatoms. The van der Waals surface area contributed by atoms with E-state index >= 15 is 0 Å². The van der Waals surface area contributed by atoms with Crippen molar-refractivity contribution < 1.29 is 9.47 Å². The molecule has 0 aliphatic heterocycles. The highest BCUT2D eigenvalue weighted by atomic mass is 35.5. The van der Waals surface area contributed by atoms with Crippen LogP contribution in [0.1, 0.15) is 0 Å². The van der Waals surface area contributed by atoms with Gasteiger partial charge in [-0.2, -0.15) is 0 Å². The Morgan fingerprint density at radius 1 is 1.29 bits per heavy atom. The van der Waals surface area contributed by atoms with E-state index in [1.807, 2.05) is 0 Å². The van der Waals surface area contributed by atoms with Gasteiger partial charge in [0.05, 0.1) is 18.5 Å². The predicted octanol–water partition coefficient (Wildman–Crippen LogP) is 2.91. The summed E-state index contributed by atoms with van der Waals surface area (Å²) in [5, 5.41) is 1.04. The van der Waals surface area contributed by atoms with Crippen LogP contribution in [0.3, 0.4) is 0 Å². The fourth-order valence-electron chi connectivity index (χ4n) is 1.44. The monoisotopic (exact) mass is 272 g/mol. The molecule has 0 N–H and O–H groups in total. The lowest BCUT2D eigenvalue weighted by Gasteiger charge is -2.10. The molecule has 0 spiro atoms. The Kier molecular flexibility index (Phi) is 3.86. The lowest BCUT2D eigenvalue weighted by atomic mass is 10.2. The van der Waals surface area contributed by atoms with Gasteiger partial charge in [0, 0.05) is 17.6 Å². The molecule has 0 aliphatic carbocycles. The first-order valence-electron chi connectivity index (χ1n) is 4.93. The number of fused-ring (bicyclic) bond motifs is 1. The maximum Gasteiger partial charge on any atom is 0.222 e. The second-order valence-corrected chi connectivity index (χ2v) is 3.95. The molecule has 0 aliphatic rings. The molecule has 2 aromatic rings. The number of nitrogens with zero attached hydrogens (tertiary/aromatic N) is 2. The smallest absolute Gasteiger partial charge is 0.222 e. The average molecular weight is 273 g/mol. The van der Waals surface area contributed by atoms with Gasteiger partial charge in [0.15, 0.2) is 11.5 Å². The van der Waals surface area contributed by atoms with E-state index in [1.165, 1.54) is 0 Å². The molecule has 0 fully saturated rings. The third-order valence-electron chi connectivity index (χ3n) is 2.17. The van der Waals surface area contributed by atoms with Crippen molar-refractivity contribution >= 4 is 34.1 Å². The van der Waals surface area contributed by atoms with Crippen molar-refractivity contribution in [1.29, 1.82) is 0 Å². The molecule has 2 rings (SSSR count). The van der Waals surface area contributed by atoms with Crippen LogP contribution in [0.4, 0.5) is 0 Å². The van der Waals surface area contributed by atoms with Crippen LogP contribution < -0.4 is 9.47 Å². The summed E-state index contributed by atoms with van der Waals surface area (Å²) in [5.74, 6) is 1.62. The minimum absolute atomic E-state index is 0.200. The topological polar surface area (TPSA) is 44.2 Å². The summed E-state index contributed by atoms with van der Waals surface area (Å²) in [6, 6.07) is 3.56. The third kappa shape index (κ3) is 2.70. The molecule has 0 saturated heterocycles. The standard InChI is InChI=1S/C11H10Cl2N2O2/c1-16-9-4-7-6-14-11(13)15-8(7)5-10(9)17-3-2-12/h4-6H,2-3H2,1H3. The zero-order chi connectivity index (χ0) is 12.3. The van der Waals surface area contributed by atoms with E-state index < -0.39 is 0 Å². The SMILES string of the molecule is COc1cc2cnc(Cl)nc2cc1OCCCl. The molecule has 1 heterocycles. The zero-order valence-corrected chi connectivity index (χ0v) is 10.6. The summed E-state index contributed by atoms with van der Waals surface area (Å²) in [5.41, 5.74) is 0.704. The van der Waals surface area contributed by atoms with Gasteiger partial charge in [-0.05, 0) is 17.7 Å². The van der Waals surface area contributed by atoms with Crippen molar-refractivity contribution in [3.05, 3.63) is 23.6 Å². The largest absolute Gasteiger partial charge is 0.493 e. The van der Waals surface area contributed by atoms with Crippen LogP contribution >= 0.6 is 23.2 Å². The minimum Gasteiger partial charge on any atom is -0.493 e. The van der Waals surface area contributed by atoms with Crippen molar-refractivity contribution in [1.82, 2.24) is 9.97 Å². The zero-order valence-electron chi connectivity index (χ0n) is 9.11. The molecule has 4 nitrogen and oxygen atoms in total. The van der Waals surface area contributed by atoms with Gasteiger partial charge in [-0.1, -0.05) is 0 Å². The molecule has 0 amide bonds. The van der Waals surface area contributed by atoms with Gasteiger partial charge >= 0.3 is 0 Å². The number of alkyl halides is 1. The summed E-state index contributed by atoms with van der Waals surface area (Å²) in [4.78, 5) is 8.02. The first-order valence-corrected chi connectivity index (χ1v) is 5.85. The van der Waals surface area contributed by atoms with Crippen molar-refractivity contribution in [2.24, 2.45) is 0 Å². The number of hydrogen-bond acceptors (Lipinski definition) is 4. The minimum atomic E-state index is 0.200. The normalized spacial score (nSPS) is 10.5. The molecule has 0 bridgehead atoms. The van der Waals surface area contributed by atoms with E-state index in [0.717, 1.165) is 5.39 Å². The van der Waals surface area contributed by atoms with Crippen molar-refractivity contribution in [2.75, 3.05) is 19.6 Å². The first kappa shape index (κ1) is 12.2. The Labute approximate surface area is 108 Å². The number of methoxy groups -OCH3 is 1. The highest BCUT2D eigenvalue weighted by molar-refractivity contribution is 6.28. The third-order valence-corrected chi connectivity index (χ3v) is 2.51. The van der Waals surface area contributed by atoms with Crippen molar-refractivity contribution in [3.8, 4) is 11.5 Å². The van der Waals surface area contributed by atoms with E-state index in [9.17, 15) is 0 Å². The van der Waals surface area contributed by atoms with E-state index in [0.29, 0.717) is 29.5 Å². The molecule has 1 aromatic heterocycles. The van der Waals surface area contributed by atoms with Gasteiger partial charge in [0.1, 0.15) is 6.61 Å². The molecule has 17 heavy (non-hydrogen) atoms. The van der Waals surface area contributed by atoms with E-state index in [2.05, 4.69) is 9.97 Å². The van der Waals surface area contributed by atoms with Crippen LogP contribution in [-0.4, -0.2) is 29.6 Å². The number of benzene rings is 1. The lowest BCUT2D eigenvalue weighted by Crippen LogP contribution is -2.00. The molecular formula is C11H10Cl2N2O2. The van der Waals surface area contributed by atoms with E-state index in [-0.39, 0.29) is 5.28 Å². The van der Waals surface area contributed by atoms with Gasteiger partial charge in [-0.15, -0.1) is 11.6 Å². The van der Waals surface area contributed by atoms with Crippen LogP contribution in [0.5, 0.6) is 11.5 Å². The van der Waals surface area contributed by atoms with Gasteiger partial charge in [0.25, 0.3) is 0 Å². The lowest BCUT2D eigenvalue weighted by molar-refractivity contribution is 0.313. The fourth-order valence-corrected chi connectivity index (χ4v) is 1.65. The summed E-state index contributed by atoms with van der Waals surface area (Å²) in [6.45, 7) is 0.405.